The maximum Gasteiger partial charge on any atom is 0.573 e. The molecule has 2 unspecified atom stereocenters. The van der Waals surface area contributed by atoms with Gasteiger partial charge in [0.2, 0.25) is 0 Å². The Morgan fingerprint density at radius 1 is 0.915 bits per heavy atom. The van der Waals surface area contributed by atoms with E-state index in [2.05, 4.69) is 18.6 Å². The lowest BCUT2D eigenvalue weighted by molar-refractivity contribution is -0.275. The van der Waals surface area contributed by atoms with Crippen LogP contribution in [0.4, 0.5) is 26.3 Å². The van der Waals surface area contributed by atoms with E-state index < -0.39 is 35.5 Å². The summed E-state index contributed by atoms with van der Waals surface area (Å²) in [4.78, 5) is 12.0. The molecule has 0 spiro atoms. The lowest BCUT2D eigenvalue weighted by Crippen LogP contribution is -2.22. The third-order valence-corrected chi connectivity index (χ3v) is 10.9. The number of hydrogen-bond acceptors (Lipinski definition) is 4. The molecule has 2 aromatic rings. The van der Waals surface area contributed by atoms with Gasteiger partial charge in [0.05, 0.1) is 17.9 Å². The molecule has 0 aromatic heterocycles. The number of esters is 1. The quantitative estimate of drug-likeness (QED) is 0.113. The van der Waals surface area contributed by atoms with Crippen LogP contribution in [-0.4, -0.2) is 24.7 Å². The van der Waals surface area contributed by atoms with Crippen LogP contribution in [0.1, 0.15) is 103 Å². The maximum absolute atomic E-state index is 15.7. The zero-order valence-corrected chi connectivity index (χ0v) is 28.3. The smallest absolute Gasteiger partial charge is 0.465 e. The average Bonchev–Trinajstić information content (AvgIpc) is 3.04. The highest BCUT2D eigenvalue weighted by Gasteiger charge is 2.34. The second kappa shape index (κ2) is 17.2. The number of hydrogen-bond donors (Lipinski definition) is 0. The van der Waals surface area contributed by atoms with Crippen LogP contribution in [0.3, 0.4) is 0 Å². The summed E-state index contributed by atoms with van der Waals surface area (Å²) in [7, 11) is 0. The fourth-order valence-electron chi connectivity index (χ4n) is 6.80. The van der Waals surface area contributed by atoms with Crippen molar-refractivity contribution in [1.29, 1.82) is 0 Å². The van der Waals surface area contributed by atoms with Crippen molar-refractivity contribution in [2.24, 2.45) is 23.7 Å². The Balaban J connectivity index is 1.52. The fraction of sp³-hybridized carbons (Fsp3) is 0.595. The summed E-state index contributed by atoms with van der Waals surface area (Å²) in [5.74, 6) is -3.18. The fourth-order valence-corrected chi connectivity index (χ4v) is 7.84. The van der Waals surface area contributed by atoms with Gasteiger partial charge in [-0.1, -0.05) is 71.1 Å². The first-order valence-corrected chi connectivity index (χ1v) is 17.9. The first kappa shape index (κ1) is 37.2. The van der Waals surface area contributed by atoms with E-state index in [4.69, 9.17) is 4.74 Å². The Morgan fingerprint density at radius 2 is 1.60 bits per heavy atom. The van der Waals surface area contributed by atoms with Gasteiger partial charge in [-0.15, -0.1) is 24.9 Å². The van der Waals surface area contributed by atoms with Gasteiger partial charge in [-0.3, -0.25) is 4.79 Å². The molecular weight excluding hydrogens is 638 g/mol. The molecule has 0 N–H and O–H groups in total. The normalized spacial score (nSPS) is 20.9. The molecule has 47 heavy (non-hydrogen) atoms. The Kier molecular flexibility index (Phi) is 13.6. The van der Waals surface area contributed by atoms with Gasteiger partial charge in [0.15, 0.2) is 23.2 Å². The molecule has 0 heterocycles. The summed E-state index contributed by atoms with van der Waals surface area (Å²) in [6.07, 6.45) is 7.70. The van der Waals surface area contributed by atoms with E-state index in [1.807, 2.05) is 13.0 Å². The van der Waals surface area contributed by atoms with Gasteiger partial charge in [0.25, 0.3) is 0 Å². The first-order valence-electron chi connectivity index (χ1n) is 17.0. The van der Waals surface area contributed by atoms with Crippen molar-refractivity contribution in [3.05, 3.63) is 53.4 Å². The summed E-state index contributed by atoms with van der Waals surface area (Å²) in [5.41, 5.74) is 0.441. The number of ether oxygens (including phenoxy) is 2. The van der Waals surface area contributed by atoms with Gasteiger partial charge >= 0.3 is 12.3 Å². The van der Waals surface area contributed by atoms with E-state index in [0.29, 0.717) is 18.3 Å². The number of carbonyl (C=O) groups is 1. The number of carbonyl (C=O) groups excluding carboxylic acids is 1. The number of unbranched alkanes of at least 4 members (excludes halogenated alkanes) is 1. The number of benzene rings is 2. The minimum atomic E-state index is -5.16. The average molecular weight is 685 g/mol. The van der Waals surface area contributed by atoms with Gasteiger partial charge in [-0.2, -0.15) is 0 Å². The van der Waals surface area contributed by atoms with E-state index in [-0.39, 0.29) is 46.3 Å². The zero-order valence-electron chi connectivity index (χ0n) is 27.5. The molecule has 0 saturated heterocycles. The number of thioether (sulfide) groups is 1. The van der Waals surface area contributed by atoms with Crippen molar-refractivity contribution in [3.63, 3.8) is 0 Å². The van der Waals surface area contributed by atoms with Crippen LogP contribution in [0.25, 0.3) is 16.7 Å². The molecular formula is C37H46F6O3S. The molecule has 1 fully saturated rings. The van der Waals surface area contributed by atoms with Crippen molar-refractivity contribution in [3.8, 4) is 16.9 Å². The number of allylic oxidation sites excluding steroid dienone is 2. The lowest BCUT2D eigenvalue weighted by Gasteiger charge is -2.34. The molecule has 3 nitrogen and oxygen atoms in total. The van der Waals surface area contributed by atoms with Crippen molar-refractivity contribution in [1.82, 2.24) is 0 Å². The molecule has 260 valence electrons. The van der Waals surface area contributed by atoms with Crippen LogP contribution in [0, 0.1) is 41.1 Å². The standard InChI is InChI=1S/C37H46F6O3S/c1-4-6-7-24(5-2)22-45-32(44)20-21-47-36-30(18-19-31(35(36)40)46-37(41,42)43)29-17-16-28(33(38)34(29)39)27-14-12-26(13-15-27)25-10-8-23(3)9-11-25/h14,16-19,23-26H,4-13,15,20-22H2,1-3H3. The molecule has 0 amide bonds. The number of rotatable bonds is 14. The number of halogens is 6. The molecule has 0 aliphatic heterocycles. The molecule has 0 bridgehead atoms. The predicted molar refractivity (Wildman–Crippen MR) is 174 cm³/mol. The second-order valence-corrected chi connectivity index (χ2v) is 14.2. The third kappa shape index (κ3) is 10.2. The second-order valence-electron chi connectivity index (χ2n) is 13.1. The number of alkyl halides is 3. The highest BCUT2D eigenvalue weighted by atomic mass is 32.2. The van der Waals surface area contributed by atoms with Crippen LogP contribution in [0.15, 0.2) is 35.2 Å². The molecule has 0 radical (unpaired) electrons. The van der Waals surface area contributed by atoms with E-state index in [0.717, 1.165) is 73.9 Å². The Morgan fingerprint density at radius 3 is 2.23 bits per heavy atom. The topological polar surface area (TPSA) is 35.5 Å². The summed E-state index contributed by atoms with van der Waals surface area (Å²) in [6, 6.07) is 4.62. The van der Waals surface area contributed by atoms with Crippen molar-refractivity contribution < 1.29 is 40.6 Å². The molecule has 2 aliphatic rings. The van der Waals surface area contributed by atoms with Gasteiger partial charge in [0, 0.05) is 22.4 Å². The Bertz CT molecular complexity index is 1380. The predicted octanol–water partition coefficient (Wildman–Crippen LogP) is 11.9. The van der Waals surface area contributed by atoms with Gasteiger partial charge in [-0.05, 0) is 79.9 Å². The molecule has 4 rings (SSSR count). The SMILES string of the molecule is CCCCC(CC)COC(=O)CCSc1c(-c2ccc(C3=CCC(C4CCC(C)CC4)CC3)c(F)c2F)ccc(OC(F)(F)F)c1F. The van der Waals surface area contributed by atoms with E-state index >= 15 is 13.2 Å². The minimum absolute atomic E-state index is 0.0554. The van der Waals surface area contributed by atoms with E-state index in [1.54, 1.807) is 0 Å². The Labute approximate surface area is 278 Å². The Hall–Kier alpha value is -2.62. The zero-order chi connectivity index (χ0) is 34.1. The minimum Gasteiger partial charge on any atom is -0.465 e. The summed E-state index contributed by atoms with van der Waals surface area (Å²) >= 11 is 0.728. The van der Waals surface area contributed by atoms with Crippen molar-refractivity contribution in [2.75, 3.05) is 12.4 Å². The monoisotopic (exact) mass is 684 g/mol. The maximum atomic E-state index is 15.7. The largest absolute Gasteiger partial charge is 0.573 e. The van der Waals surface area contributed by atoms with Crippen LogP contribution in [0.2, 0.25) is 0 Å². The van der Waals surface area contributed by atoms with Gasteiger partial charge in [-0.25, -0.2) is 13.2 Å². The third-order valence-electron chi connectivity index (χ3n) is 9.76. The molecule has 2 aromatic carbocycles. The van der Waals surface area contributed by atoms with Crippen LogP contribution in [-0.2, 0) is 9.53 Å². The van der Waals surface area contributed by atoms with Gasteiger partial charge < -0.3 is 9.47 Å². The first-order chi connectivity index (χ1) is 22.4. The molecule has 1 saturated carbocycles. The summed E-state index contributed by atoms with van der Waals surface area (Å²) < 4.78 is 95.1. The van der Waals surface area contributed by atoms with Crippen molar-refractivity contribution in [2.45, 2.75) is 109 Å². The van der Waals surface area contributed by atoms with Gasteiger partial charge in [0.1, 0.15) is 0 Å². The van der Waals surface area contributed by atoms with E-state index in [1.165, 1.54) is 37.8 Å². The molecule has 2 atom stereocenters. The van der Waals surface area contributed by atoms with Crippen molar-refractivity contribution >= 4 is 23.3 Å². The van der Waals surface area contributed by atoms with Crippen LogP contribution in [0.5, 0.6) is 5.75 Å². The highest BCUT2D eigenvalue weighted by Crippen LogP contribution is 2.44. The summed E-state index contributed by atoms with van der Waals surface area (Å²) in [5, 5.41) is 0. The van der Waals surface area contributed by atoms with Crippen LogP contribution >= 0.6 is 11.8 Å². The highest BCUT2D eigenvalue weighted by molar-refractivity contribution is 7.99. The molecule has 2 aliphatic carbocycles. The van der Waals surface area contributed by atoms with Crippen LogP contribution < -0.4 is 4.74 Å². The van der Waals surface area contributed by atoms with E-state index in [9.17, 15) is 18.0 Å². The summed E-state index contributed by atoms with van der Waals surface area (Å²) in [6.45, 7) is 6.62. The molecule has 10 heteroatoms. The lowest BCUT2D eigenvalue weighted by atomic mass is 9.71.